The molecular weight excluding hydrogens is 294 g/mol. The minimum Gasteiger partial charge on any atom is -0.478 e. The van der Waals surface area contributed by atoms with Gasteiger partial charge in [-0.3, -0.25) is 0 Å². The first kappa shape index (κ1) is 17.3. The second-order valence-electron chi connectivity index (χ2n) is 7.05. The first-order chi connectivity index (χ1) is 10.8. The van der Waals surface area contributed by atoms with Gasteiger partial charge in [0.25, 0.3) is 0 Å². The van der Waals surface area contributed by atoms with Crippen LogP contribution in [0.25, 0.3) is 0 Å². The van der Waals surface area contributed by atoms with Gasteiger partial charge < -0.3 is 14.7 Å². The first-order valence-corrected chi connectivity index (χ1v) is 8.07. The number of ether oxygens (including phenoxy) is 1. The zero-order valence-electron chi connectivity index (χ0n) is 14.0. The number of likely N-dealkylation sites (tertiary alicyclic amines) is 1. The van der Waals surface area contributed by atoms with Gasteiger partial charge in [-0.25, -0.2) is 9.59 Å². The van der Waals surface area contributed by atoms with E-state index in [-0.39, 0.29) is 17.6 Å². The van der Waals surface area contributed by atoms with E-state index in [1.807, 2.05) is 26.8 Å². The van der Waals surface area contributed by atoms with Gasteiger partial charge in [-0.1, -0.05) is 18.6 Å². The number of hydrogen-bond acceptors (Lipinski definition) is 3. The molecule has 1 heterocycles. The standard InChI is InChI=1S/C18H25NO4/c1-18(2,3)23-17(22)19-10-5-4-7-15(12-19)13-8-6-9-14(11-13)16(20)21/h6,8-9,11,15H,4-5,7,10,12H2,1-3H3,(H,20,21)/t15-/m0/s1. The molecule has 1 amide bonds. The topological polar surface area (TPSA) is 66.8 Å². The van der Waals surface area contributed by atoms with Gasteiger partial charge in [0.15, 0.2) is 0 Å². The SMILES string of the molecule is CC(C)(C)OC(=O)N1CCCC[C@H](c2cccc(C(=O)O)c2)C1. The Morgan fingerprint density at radius 3 is 2.65 bits per heavy atom. The largest absolute Gasteiger partial charge is 0.478 e. The monoisotopic (exact) mass is 319 g/mol. The van der Waals surface area contributed by atoms with Crippen LogP contribution in [0.5, 0.6) is 0 Å². The van der Waals surface area contributed by atoms with Crippen LogP contribution >= 0.6 is 0 Å². The third-order valence-corrected chi connectivity index (χ3v) is 3.93. The van der Waals surface area contributed by atoms with Crippen LogP contribution in [0.4, 0.5) is 4.79 Å². The molecular formula is C18H25NO4. The Kier molecular flexibility index (Phi) is 5.29. The predicted molar refractivity (Wildman–Crippen MR) is 87.8 cm³/mol. The van der Waals surface area contributed by atoms with Crippen molar-refractivity contribution in [3.05, 3.63) is 35.4 Å². The Morgan fingerprint density at radius 2 is 2.00 bits per heavy atom. The average Bonchev–Trinajstić information content (AvgIpc) is 2.71. The van der Waals surface area contributed by atoms with E-state index in [9.17, 15) is 9.59 Å². The Hall–Kier alpha value is -2.04. The summed E-state index contributed by atoms with van der Waals surface area (Å²) in [7, 11) is 0. The van der Waals surface area contributed by atoms with E-state index in [2.05, 4.69) is 0 Å². The van der Waals surface area contributed by atoms with Crippen LogP contribution in [0.2, 0.25) is 0 Å². The van der Waals surface area contributed by atoms with E-state index < -0.39 is 11.6 Å². The Labute approximate surface area is 137 Å². The van der Waals surface area contributed by atoms with Gasteiger partial charge in [-0.05, 0) is 51.3 Å². The molecule has 0 bridgehead atoms. The minimum absolute atomic E-state index is 0.143. The molecule has 5 heteroatoms. The van der Waals surface area contributed by atoms with Crippen molar-refractivity contribution in [1.29, 1.82) is 0 Å². The molecule has 1 N–H and O–H groups in total. The van der Waals surface area contributed by atoms with Crippen molar-refractivity contribution >= 4 is 12.1 Å². The highest BCUT2D eigenvalue weighted by Gasteiger charge is 2.27. The Morgan fingerprint density at radius 1 is 1.26 bits per heavy atom. The van der Waals surface area contributed by atoms with Crippen LogP contribution in [0.15, 0.2) is 24.3 Å². The third-order valence-electron chi connectivity index (χ3n) is 3.93. The van der Waals surface area contributed by atoms with Gasteiger partial charge in [-0.2, -0.15) is 0 Å². The lowest BCUT2D eigenvalue weighted by Crippen LogP contribution is -2.38. The Bertz CT molecular complexity index is 577. The van der Waals surface area contributed by atoms with E-state index in [0.29, 0.717) is 13.1 Å². The molecule has 1 atom stereocenters. The van der Waals surface area contributed by atoms with Gasteiger partial charge in [0.05, 0.1) is 5.56 Å². The molecule has 1 aromatic carbocycles. The molecule has 1 aliphatic rings. The lowest BCUT2D eigenvalue weighted by molar-refractivity contribution is 0.0248. The van der Waals surface area contributed by atoms with E-state index in [0.717, 1.165) is 24.8 Å². The number of benzene rings is 1. The van der Waals surface area contributed by atoms with Crippen LogP contribution in [0.3, 0.4) is 0 Å². The number of amides is 1. The maximum Gasteiger partial charge on any atom is 0.410 e. The molecule has 5 nitrogen and oxygen atoms in total. The molecule has 23 heavy (non-hydrogen) atoms. The highest BCUT2D eigenvalue weighted by molar-refractivity contribution is 5.87. The summed E-state index contributed by atoms with van der Waals surface area (Å²) in [6.07, 6.45) is 2.61. The summed E-state index contributed by atoms with van der Waals surface area (Å²) >= 11 is 0. The first-order valence-electron chi connectivity index (χ1n) is 8.07. The minimum atomic E-state index is -0.926. The molecule has 1 fully saturated rings. The summed E-state index contributed by atoms with van der Waals surface area (Å²) in [6, 6.07) is 7.01. The summed E-state index contributed by atoms with van der Waals surface area (Å²) < 4.78 is 5.47. The smallest absolute Gasteiger partial charge is 0.410 e. The van der Waals surface area contributed by atoms with Crippen LogP contribution in [0.1, 0.15) is 61.9 Å². The highest BCUT2D eigenvalue weighted by Crippen LogP contribution is 2.28. The number of carboxylic acids is 1. The number of aromatic carboxylic acids is 1. The molecule has 1 aliphatic heterocycles. The van der Waals surface area contributed by atoms with Crippen molar-refractivity contribution in [1.82, 2.24) is 4.90 Å². The molecule has 0 radical (unpaired) electrons. The van der Waals surface area contributed by atoms with Crippen molar-refractivity contribution in [2.45, 2.75) is 51.6 Å². The zero-order valence-corrected chi connectivity index (χ0v) is 14.0. The fraction of sp³-hybridized carbons (Fsp3) is 0.556. The number of carboxylic acid groups (broad SMARTS) is 1. The van der Waals surface area contributed by atoms with Crippen LogP contribution in [0, 0.1) is 0 Å². The summed E-state index contributed by atoms with van der Waals surface area (Å²) in [4.78, 5) is 25.2. The molecule has 0 aromatic heterocycles. The van der Waals surface area contributed by atoms with Crippen molar-refractivity contribution < 1.29 is 19.4 Å². The van der Waals surface area contributed by atoms with Gasteiger partial charge >= 0.3 is 12.1 Å². The Balaban J connectivity index is 2.15. The second-order valence-corrected chi connectivity index (χ2v) is 7.05. The molecule has 0 aliphatic carbocycles. The quantitative estimate of drug-likeness (QED) is 0.898. The molecule has 126 valence electrons. The fourth-order valence-electron chi connectivity index (χ4n) is 2.83. The van der Waals surface area contributed by atoms with Crippen molar-refractivity contribution in [2.75, 3.05) is 13.1 Å². The lowest BCUT2D eigenvalue weighted by Gasteiger charge is -2.28. The van der Waals surface area contributed by atoms with E-state index in [1.165, 1.54) is 0 Å². The fourth-order valence-corrected chi connectivity index (χ4v) is 2.83. The van der Waals surface area contributed by atoms with Crippen LogP contribution < -0.4 is 0 Å². The van der Waals surface area contributed by atoms with E-state index in [4.69, 9.17) is 9.84 Å². The van der Waals surface area contributed by atoms with Gasteiger partial charge in [0.1, 0.15) is 5.60 Å². The molecule has 0 saturated carbocycles. The van der Waals surface area contributed by atoms with Crippen LogP contribution in [-0.2, 0) is 4.74 Å². The van der Waals surface area contributed by atoms with Gasteiger partial charge in [-0.15, -0.1) is 0 Å². The molecule has 0 unspecified atom stereocenters. The van der Waals surface area contributed by atoms with E-state index in [1.54, 1.807) is 23.1 Å². The summed E-state index contributed by atoms with van der Waals surface area (Å²) in [5, 5.41) is 9.15. The number of carbonyl (C=O) groups excluding carboxylic acids is 1. The number of nitrogens with zero attached hydrogens (tertiary/aromatic N) is 1. The summed E-state index contributed by atoms with van der Waals surface area (Å²) in [5.41, 5.74) is 0.748. The number of hydrogen-bond donors (Lipinski definition) is 1. The lowest BCUT2D eigenvalue weighted by atomic mass is 9.93. The maximum atomic E-state index is 12.3. The molecule has 0 spiro atoms. The van der Waals surface area contributed by atoms with Crippen molar-refractivity contribution in [2.24, 2.45) is 0 Å². The summed E-state index contributed by atoms with van der Waals surface area (Å²) in [6.45, 7) is 6.83. The average molecular weight is 319 g/mol. The molecule has 1 aromatic rings. The highest BCUT2D eigenvalue weighted by atomic mass is 16.6. The predicted octanol–water partition coefficient (Wildman–Crippen LogP) is 3.89. The maximum absolute atomic E-state index is 12.3. The van der Waals surface area contributed by atoms with Crippen LogP contribution in [-0.4, -0.2) is 40.8 Å². The third kappa shape index (κ3) is 4.98. The second kappa shape index (κ2) is 7.02. The zero-order chi connectivity index (χ0) is 17.0. The molecule has 1 saturated heterocycles. The van der Waals surface area contributed by atoms with Crippen molar-refractivity contribution in [3.8, 4) is 0 Å². The normalized spacial score (nSPS) is 19.1. The van der Waals surface area contributed by atoms with Crippen molar-refractivity contribution in [3.63, 3.8) is 0 Å². The number of rotatable bonds is 2. The van der Waals surface area contributed by atoms with Gasteiger partial charge in [0.2, 0.25) is 0 Å². The van der Waals surface area contributed by atoms with Gasteiger partial charge in [0, 0.05) is 19.0 Å². The summed E-state index contributed by atoms with van der Waals surface area (Å²) in [5.74, 6) is -0.784. The number of carbonyl (C=O) groups is 2. The molecule has 2 rings (SSSR count). The van der Waals surface area contributed by atoms with E-state index >= 15 is 0 Å².